The van der Waals surface area contributed by atoms with Crippen LogP contribution in [-0.4, -0.2) is 66.5 Å². The van der Waals surface area contributed by atoms with Crippen LogP contribution in [0.25, 0.3) is 21.1 Å². The Morgan fingerprint density at radius 2 is 1.88 bits per heavy atom. The number of nitriles is 1. The molecule has 2 saturated carbocycles. The Morgan fingerprint density at radius 1 is 1.15 bits per heavy atom. The van der Waals surface area contributed by atoms with Crippen LogP contribution in [-0.2, 0) is 4.79 Å². The molecule has 0 radical (unpaired) electrons. The first-order valence-corrected chi connectivity index (χ1v) is 16.6. The first-order valence-electron chi connectivity index (χ1n) is 13.9. The van der Waals surface area contributed by atoms with E-state index in [-0.39, 0.29) is 18.2 Å². The monoisotopic (exact) mass is 596 g/mol. The third-order valence-corrected chi connectivity index (χ3v) is 11.2. The van der Waals surface area contributed by atoms with Gasteiger partial charge in [0, 0.05) is 30.6 Å². The number of anilines is 1. The number of hydrogen-bond donors (Lipinski definition) is 3. The summed E-state index contributed by atoms with van der Waals surface area (Å²) < 4.78 is 34.7. The second-order valence-corrected chi connectivity index (χ2v) is 14.8. The van der Waals surface area contributed by atoms with E-state index in [9.17, 15) is 23.6 Å². The summed E-state index contributed by atoms with van der Waals surface area (Å²) in [5.41, 5.74) is 3.30. The van der Waals surface area contributed by atoms with E-state index in [1.54, 1.807) is 0 Å². The highest BCUT2D eigenvalue weighted by Gasteiger charge is 2.48. The molecule has 3 atom stereocenters. The maximum Gasteiger partial charge on any atom is 0.225 e. The molecule has 0 spiro atoms. The summed E-state index contributed by atoms with van der Waals surface area (Å²) in [5, 5.41) is 21.7. The predicted octanol–water partition coefficient (Wildman–Crippen LogP) is 5.54. The standard InChI is InChI=1S/C29H33FN6O3S2/c1-18-2-9-24(35-34-18)28-32-25(22-8-5-20(30)16-23(22)27(37)33-29(17-31)10-11-29)26(40-28)19-3-6-21(7-4-19)36-12-14-41(38,39)15-13-36/h2-4,6-7,9,20,22-23,38-39H,5,8,10-16H2,1H3,(H,33,37)/t20-,22+,23+/m0/s1. The van der Waals surface area contributed by atoms with Crippen LogP contribution in [0.4, 0.5) is 10.1 Å². The third kappa shape index (κ3) is 5.95. The lowest BCUT2D eigenvalue weighted by atomic mass is 9.75. The fourth-order valence-electron chi connectivity index (χ4n) is 5.68. The van der Waals surface area contributed by atoms with Gasteiger partial charge in [-0.3, -0.25) is 13.9 Å². The Balaban J connectivity index is 1.35. The molecule has 3 N–H and O–H groups in total. The van der Waals surface area contributed by atoms with Crippen molar-refractivity contribution >= 4 is 33.5 Å². The number of thiazole rings is 1. The van der Waals surface area contributed by atoms with Gasteiger partial charge >= 0.3 is 0 Å². The first-order chi connectivity index (χ1) is 19.7. The van der Waals surface area contributed by atoms with Gasteiger partial charge in [-0.25, -0.2) is 9.37 Å². The van der Waals surface area contributed by atoms with E-state index in [0.717, 1.165) is 27.5 Å². The summed E-state index contributed by atoms with van der Waals surface area (Å²) >= 11 is 1.48. The lowest BCUT2D eigenvalue weighted by Crippen LogP contribution is -2.44. The van der Waals surface area contributed by atoms with Crippen molar-refractivity contribution in [2.45, 2.75) is 56.7 Å². The molecule has 216 valence electrons. The van der Waals surface area contributed by atoms with Crippen molar-refractivity contribution in [2.24, 2.45) is 5.92 Å². The topological polar surface area (TPSA) is 135 Å². The van der Waals surface area contributed by atoms with E-state index in [0.29, 0.717) is 61.0 Å². The van der Waals surface area contributed by atoms with Crippen LogP contribution in [0.1, 0.15) is 49.4 Å². The number of alkyl halides is 1. The number of benzene rings is 1. The smallest absolute Gasteiger partial charge is 0.225 e. The minimum absolute atomic E-state index is 0.0989. The zero-order chi connectivity index (χ0) is 28.8. The molecule has 1 aliphatic heterocycles. The largest absolute Gasteiger partial charge is 0.368 e. The Labute approximate surface area is 244 Å². The van der Waals surface area contributed by atoms with E-state index in [1.807, 2.05) is 43.3 Å². The number of hydrogen-bond acceptors (Lipinski definition) is 9. The highest BCUT2D eigenvalue weighted by molar-refractivity contribution is 8.24. The molecular formula is C29H33FN6O3S2. The number of carbonyl (C=O) groups is 1. The van der Waals surface area contributed by atoms with Crippen molar-refractivity contribution in [3.8, 4) is 27.2 Å². The Morgan fingerprint density at radius 3 is 2.51 bits per heavy atom. The molecule has 41 heavy (non-hydrogen) atoms. The number of aromatic nitrogens is 3. The van der Waals surface area contributed by atoms with E-state index < -0.39 is 28.2 Å². The molecule has 1 amide bonds. The second kappa shape index (κ2) is 10.9. The summed E-state index contributed by atoms with van der Waals surface area (Å²) in [7, 11) is -2.48. The summed E-state index contributed by atoms with van der Waals surface area (Å²) in [4.78, 5) is 21.5. The van der Waals surface area contributed by atoms with Crippen molar-refractivity contribution in [3.63, 3.8) is 0 Å². The van der Waals surface area contributed by atoms with Crippen molar-refractivity contribution < 1.29 is 18.3 Å². The van der Waals surface area contributed by atoms with Gasteiger partial charge in [0.2, 0.25) is 5.91 Å². The molecule has 3 aromatic rings. The molecule has 3 heterocycles. The van der Waals surface area contributed by atoms with Crippen LogP contribution in [0.15, 0.2) is 36.4 Å². The van der Waals surface area contributed by atoms with Crippen LogP contribution < -0.4 is 10.2 Å². The second-order valence-electron chi connectivity index (χ2n) is 11.3. The summed E-state index contributed by atoms with van der Waals surface area (Å²) in [6.07, 6.45) is 1.08. The SMILES string of the molecule is Cc1ccc(-c2nc([C@@H]3CC[C@H](F)C[C@H]3C(=O)NC3(C#N)CC3)c(-c3ccc(N4CCS(O)(O)CC4)cc3)s2)nn1. The zero-order valence-corrected chi connectivity index (χ0v) is 24.4. The number of nitrogens with one attached hydrogen (secondary N) is 1. The molecule has 0 bridgehead atoms. The fraction of sp³-hybridized carbons (Fsp3) is 0.483. The van der Waals surface area contributed by atoms with Crippen molar-refractivity contribution in [3.05, 3.63) is 47.8 Å². The van der Waals surface area contributed by atoms with Crippen molar-refractivity contribution in [1.29, 1.82) is 5.26 Å². The Bertz CT molecular complexity index is 1460. The summed E-state index contributed by atoms with van der Waals surface area (Å²) in [6.45, 7) is 3.03. The zero-order valence-electron chi connectivity index (χ0n) is 22.8. The maximum absolute atomic E-state index is 14.7. The first kappa shape index (κ1) is 28.0. The van der Waals surface area contributed by atoms with Crippen LogP contribution >= 0.6 is 21.9 Å². The van der Waals surface area contributed by atoms with Gasteiger partial charge in [-0.05, 0) is 68.9 Å². The van der Waals surface area contributed by atoms with E-state index in [4.69, 9.17) is 4.98 Å². The predicted molar refractivity (Wildman–Crippen MR) is 159 cm³/mol. The highest BCUT2D eigenvalue weighted by atomic mass is 32.3. The molecule has 1 saturated heterocycles. The van der Waals surface area contributed by atoms with Crippen LogP contribution in [0.3, 0.4) is 0 Å². The van der Waals surface area contributed by atoms with Crippen LogP contribution in [0.2, 0.25) is 0 Å². The van der Waals surface area contributed by atoms with E-state index in [2.05, 4.69) is 26.5 Å². The molecule has 3 aliphatic rings. The number of rotatable bonds is 6. The van der Waals surface area contributed by atoms with Crippen molar-refractivity contribution in [1.82, 2.24) is 20.5 Å². The summed E-state index contributed by atoms with van der Waals surface area (Å²) in [5.74, 6) is -0.486. The minimum Gasteiger partial charge on any atom is -0.368 e. The van der Waals surface area contributed by atoms with Crippen LogP contribution in [0, 0.1) is 24.2 Å². The average Bonchev–Trinajstić information content (AvgIpc) is 3.60. The van der Waals surface area contributed by atoms with Crippen molar-refractivity contribution in [2.75, 3.05) is 29.5 Å². The number of amides is 1. The lowest BCUT2D eigenvalue weighted by molar-refractivity contribution is -0.128. The van der Waals surface area contributed by atoms with E-state index in [1.165, 1.54) is 11.3 Å². The van der Waals surface area contributed by atoms with Gasteiger partial charge in [0.1, 0.15) is 22.4 Å². The van der Waals surface area contributed by atoms with Gasteiger partial charge in [0.25, 0.3) is 0 Å². The third-order valence-electron chi connectivity index (χ3n) is 8.34. The molecule has 9 nitrogen and oxygen atoms in total. The molecule has 2 aromatic heterocycles. The maximum atomic E-state index is 14.7. The van der Waals surface area contributed by atoms with Gasteiger partial charge in [-0.1, -0.05) is 12.1 Å². The molecule has 12 heteroatoms. The Hall–Kier alpha value is -3.11. The number of carbonyl (C=O) groups excluding carboxylic acids is 1. The molecule has 0 unspecified atom stereocenters. The quantitative estimate of drug-likeness (QED) is 0.338. The highest BCUT2D eigenvalue weighted by Crippen LogP contribution is 2.47. The molecule has 2 aliphatic carbocycles. The summed E-state index contributed by atoms with van der Waals surface area (Å²) in [6, 6.07) is 14.1. The van der Waals surface area contributed by atoms with Gasteiger partial charge in [-0.15, -0.1) is 16.4 Å². The molecule has 6 rings (SSSR count). The fourth-order valence-corrected chi connectivity index (χ4v) is 8.01. The molecule has 1 aromatic carbocycles. The van der Waals surface area contributed by atoms with E-state index >= 15 is 0 Å². The number of nitrogens with zero attached hydrogens (tertiary/aromatic N) is 5. The normalized spacial score (nSPS) is 25.6. The molecular weight excluding hydrogens is 563 g/mol. The Kier molecular flexibility index (Phi) is 7.48. The van der Waals surface area contributed by atoms with Gasteiger partial charge in [-0.2, -0.15) is 21.0 Å². The average molecular weight is 597 g/mol. The van der Waals surface area contributed by atoms with Gasteiger partial charge in [0.15, 0.2) is 0 Å². The number of halogens is 1. The lowest BCUT2D eigenvalue weighted by Gasteiger charge is -2.41. The number of aryl methyl sites for hydroxylation is 1. The van der Waals surface area contributed by atoms with Crippen LogP contribution in [0.5, 0.6) is 0 Å². The minimum atomic E-state index is -2.48. The van der Waals surface area contributed by atoms with Gasteiger partial charge < -0.3 is 10.2 Å². The molecule has 3 fully saturated rings. The van der Waals surface area contributed by atoms with Gasteiger partial charge in [0.05, 0.1) is 33.8 Å².